The number of nitrogens with zero attached hydrogens (tertiary/aromatic N) is 1. The third-order valence-corrected chi connectivity index (χ3v) is 1.91. The summed E-state index contributed by atoms with van der Waals surface area (Å²) in [6.07, 6.45) is 1.77. The molecule has 0 spiro atoms. The Morgan fingerprint density at radius 2 is 2.11 bits per heavy atom. The van der Waals surface area contributed by atoms with Gasteiger partial charge in [0.05, 0.1) is 0 Å². The second kappa shape index (κ2) is 2.40. The molecule has 1 aromatic rings. The van der Waals surface area contributed by atoms with Gasteiger partial charge in [-0.05, 0) is 25.5 Å². The van der Waals surface area contributed by atoms with E-state index in [9.17, 15) is 0 Å². The highest BCUT2D eigenvalue weighted by Crippen LogP contribution is 2.12. The number of hydrogen-bond donors (Lipinski definition) is 1. The molecule has 1 nitrogen and oxygen atoms in total. The first kappa shape index (κ1) is 6.62. The summed E-state index contributed by atoms with van der Waals surface area (Å²) in [5.74, 6) is 0. The van der Waals surface area contributed by atoms with E-state index < -0.39 is 0 Å². The van der Waals surface area contributed by atoms with Crippen molar-refractivity contribution < 1.29 is 0 Å². The summed E-state index contributed by atoms with van der Waals surface area (Å²) in [7, 11) is 0. The van der Waals surface area contributed by atoms with Gasteiger partial charge in [-0.3, -0.25) is 4.98 Å². The molecule has 2 heteroatoms. The molecule has 0 bridgehead atoms. The molecule has 0 aromatic carbocycles. The zero-order valence-electron chi connectivity index (χ0n) is 5.55. The number of rotatable bonds is 0. The number of aryl methyl sites for hydroxylation is 1. The van der Waals surface area contributed by atoms with Gasteiger partial charge in [0.1, 0.15) is 0 Å². The van der Waals surface area contributed by atoms with Gasteiger partial charge in [-0.25, -0.2) is 0 Å². The zero-order chi connectivity index (χ0) is 6.85. The summed E-state index contributed by atoms with van der Waals surface area (Å²) in [5, 5.41) is 0. The summed E-state index contributed by atoms with van der Waals surface area (Å²) in [6.45, 7) is 4.00. The Balaban J connectivity index is 3.25. The van der Waals surface area contributed by atoms with Gasteiger partial charge in [0.25, 0.3) is 0 Å². The van der Waals surface area contributed by atoms with E-state index >= 15 is 0 Å². The summed E-state index contributed by atoms with van der Waals surface area (Å²) in [6, 6.07) is 1.89. The fraction of sp³-hybridized carbons (Fsp3) is 0.286. The first-order chi connectivity index (χ1) is 4.22. The van der Waals surface area contributed by atoms with Crippen LogP contribution < -0.4 is 0 Å². The van der Waals surface area contributed by atoms with Crippen LogP contribution >= 0.6 is 12.6 Å². The van der Waals surface area contributed by atoms with E-state index in [1.165, 1.54) is 5.56 Å². The molecule has 0 saturated carbocycles. The first-order valence-electron chi connectivity index (χ1n) is 2.83. The molecular weight excluding hydrogens is 130 g/mol. The molecule has 1 heterocycles. The molecule has 0 radical (unpaired) electrons. The van der Waals surface area contributed by atoms with E-state index in [0.29, 0.717) is 0 Å². The van der Waals surface area contributed by atoms with Gasteiger partial charge in [0, 0.05) is 16.8 Å². The molecule has 1 rings (SSSR count). The minimum atomic E-state index is 1.02. The largest absolute Gasteiger partial charge is 0.261 e. The lowest BCUT2D eigenvalue weighted by atomic mass is 10.2. The minimum Gasteiger partial charge on any atom is -0.261 e. The third kappa shape index (κ3) is 1.24. The van der Waals surface area contributed by atoms with Gasteiger partial charge in [0.2, 0.25) is 0 Å². The van der Waals surface area contributed by atoms with Crippen LogP contribution in [0.25, 0.3) is 0 Å². The molecular formula is C7H9NS. The van der Waals surface area contributed by atoms with Gasteiger partial charge in [-0.2, -0.15) is 0 Å². The van der Waals surface area contributed by atoms with E-state index in [2.05, 4.69) is 17.6 Å². The number of aromatic nitrogens is 1. The van der Waals surface area contributed by atoms with Crippen molar-refractivity contribution in [3.63, 3.8) is 0 Å². The van der Waals surface area contributed by atoms with E-state index in [1.54, 1.807) is 6.20 Å². The van der Waals surface area contributed by atoms with Crippen LogP contribution in [0.4, 0.5) is 0 Å². The minimum absolute atomic E-state index is 1.02. The predicted molar refractivity (Wildman–Crippen MR) is 41.0 cm³/mol. The topological polar surface area (TPSA) is 12.9 Å². The summed E-state index contributed by atoms with van der Waals surface area (Å²) in [4.78, 5) is 5.11. The van der Waals surface area contributed by atoms with E-state index in [1.807, 2.05) is 19.9 Å². The molecule has 0 atom stereocenters. The Morgan fingerprint density at radius 1 is 1.44 bits per heavy atom. The second-order valence-electron chi connectivity index (χ2n) is 2.04. The van der Waals surface area contributed by atoms with E-state index in [-0.39, 0.29) is 0 Å². The first-order valence-corrected chi connectivity index (χ1v) is 3.27. The summed E-state index contributed by atoms with van der Waals surface area (Å²) in [5.41, 5.74) is 2.23. The van der Waals surface area contributed by atoms with Crippen LogP contribution in [0, 0.1) is 13.8 Å². The van der Waals surface area contributed by atoms with Crippen molar-refractivity contribution in [2.75, 3.05) is 0 Å². The van der Waals surface area contributed by atoms with Crippen LogP contribution in [0.2, 0.25) is 0 Å². The maximum atomic E-state index is 4.23. The SMILES string of the molecule is Cc1nccc(S)c1C. The number of hydrogen-bond acceptors (Lipinski definition) is 2. The van der Waals surface area contributed by atoms with Crippen molar-refractivity contribution in [2.45, 2.75) is 18.7 Å². The predicted octanol–water partition coefficient (Wildman–Crippen LogP) is 1.99. The smallest absolute Gasteiger partial charge is 0.0412 e. The average Bonchev–Trinajstić information content (AvgIpc) is 1.83. The number of thiol groups is 1. The van der Waals surface area contributed by atoms with E-state index in [0.717, 1.165) is 10.6 Å². The third-order valence-electron chi connectivity index (χ3n) is 1.43. The fourth-order valence-corrected chi connectivity index (χ4v) is 0.855. The van der Waals surface area contributed by atoms with Crippen LogP contribution in [0.5, 0.6) is 0 Å². The lowest BCUT2D eigenvalue weighted by Crippen LogP contribution is -1.85. The average molecular weight is 139 g/mol. The van der Waals surface area contributed by atoms with Crippen LogP contribution in [0.3, 0.4) is 0 Å². The maximum Gasteiger partial charge on any atom is 0.0412 e. The Morgan fingerprint density at radius 3 is 2.56 bits per heavy atom. The van der Waals surface area contributed by atoms with Crippen molar-refractivity contribution >= 4 is 12.6 Å². The Kier molecular flexibility index (Phi) is 1.76. The fourth-order valence-electron chi connectivity index (χ4n) is 0.627. The number of pyridine rings is 1. The molecule has 0 aliphatic heterocycles. The molecule has 48 valence electrons. The van der Waals surface area contributed by atoms with Crippen LogP contribution in [0.15, 0.2) is 17.2 Å². The summed E-state index contributed by atoms with van der Waals surface area (Å²) >= 11 is 4.23. The quantitative estimate of drug-likeness (QED) is 0.542. The molecule has 0 aliphatic carbocycles. The Hall–Kier alpha value is -0.500. The van der Waals surface area contributed by atoms with Crippen molar-refractivity contribution in [3.05, 3.63) is 23.5 Å². The molecule has 0 aliphatic rings. The van der Waals surface area contributed by atoms with Gasteiger partial charge < -0.3 is 0 Å². The standard InChI is InChI=1S/C7H9NS/c1-5-6(2)8-4-3-7(5)9/h3-4H,1-2H3,(H,8,9). The van der Waals surface area contributed by atoms with Crippen LogP contribution in [-0.4, -0.2) is 4.98 Å². The van der Waals surface area contributed by atoms with Crippen LogP contribution in [0.1, 0.15) is 11.3 Å². The zero-order valence-corrected chi connectivity index (χ0v) is 6.44. The molecule has 0 amide bonds. The lowest BCUT2D eigenvalue weighted by Gasteiger charge is -1.98. The van der Waals surface area contributed by atoms with Gasteiger partial charge in [-0.1, -0.05) is 0 Å². The molecule has 0 fully saturated rings. The van der Waals surface area contributed by atoms with Gasteiger partial charge in [-0.15, -0.1) is 12.6 Å². The lowest BCUT2D eigenvalue weighted by molar-refractivity contribution is 1.10. The maximum absolute atomic E-state index is 4.23. The van der Waals surface area contributed by atoms with Crippen LogP contribution in [-0.2, 0) is 0 Å². The van der Waals surface area contributed by atoms with Crippen molar-refractivity contribution in [2.24, 2.45) is 0 Å². The van der Waals surface area contributed by atoms with Gasteiger partial charge >= 0.3 is 0 Å². The highest BCUT2D eigenvalue weighted by Gasteiger charge is 1.94. The molecule has 0 N–H and O–H groups in total. The highest BCUT2D eigenvalue weighted by atomic mass is 32.1. The highest BCUT2D eigenvalue weighted by molar-refractivity contribution is 7.80. The molecule has 1 aromatic heterocycles. The Labute approximate surface area is 60.5 Å². The second-order valence-corrected chi connectivity index (χ2v) is 2.52. The Bertz CT molecular complexity index is 200. The van der Waals surface area contributed by atoms with Crippen molar-refractivity contribution in [1.82, 2.24) is 4.98 Å². The normalized spacial score (nSPS) is 9.67. The molecule has 0 saturated heterocycles. The molecule has 0 unspecified atom stereocenters. The molecule has 9 heavy (non-hydrogen) atoms. The van der Waals surface area contributed by atoms with Crippen molar-refractivity contribution in [3.8, 4) is 0 Å². The van der Waals surface area contributed by atoms with E-state index in [4.69, 9.17) is 0 Å². The van der Waals surface area contributed by atoms with Gasteiger partial charge in [0.15, 0.2) is 0 Å². The monoisotopic (exact) mass is 139 g/mol. The van der Waals surface area contributed by atoms with Crippen molar-refractivity contribution in [1.29, 1.82) is 0 Å². The summed E-state index contributed by atoms with van der Waals surface area (Å²) < 4.78 is 0.